The van der Waals surface area contributed by atoms with Gasteiger partial charge < -0.3 is 9.30 Å². The first-order valence-corrected chi connectivity index (χ1v) is 8.26. The second-order valence-electron chi connectivity index (χ2n) is 5.18. The van der Waals surface area contributed by atoms with E-state index < -0.39 is 0 Å². The molecule has 1 aromatic carbocycles. The van der Waals surface area contributed by atoms with Gasteiger partial charge in [0.15, 0.2) is 11.0 Å². The molecule has 0 N–H and O–H groups in total. The highest BCUT2D eigenvalue weighted by Crippen LogP contribution is 2.26. The zero-order valence-electron chi connectivity index (χ0n) is 12.7. The van der Waals surface area contributed by atoms with Gasteiger partial charge in [0.2, 0.25) is 0 Å². The number of benzene rings is 1. The average molecular weight is 340 g/mol. The van der Waals surface area contributed by atoms with Crippen LogP contribution in [0.2, 0.25) is 5.02 Å². The Morgan fingerprint density at radius 2 is 2.00 bits per heavy atom. The van der Waals surface area contributed by atoms with Gasteiger partial charge in [-0.15, -0.1) is 10.2 Å². The Bertz CT molecular complexity index is 641. The molecule has 0 radical (unpaired) electrons. The lowest BCUT2D eigenvalue weighted by molar-refractivity contribution is -0.137. The Labute approximate surface area is 139 Å². The van der Waals surface area contributed by atoms with Gasteiger partial charge >= 0.3 is 5.97 Å². The van der Waals surface area contributed by atoms with Crippen molar-refractivity contribution in [3.63, 3.8) is 0 Å². The third-order valence-electron chi connectivity index (χ3n) is 2.91. The predicted octanol–water partition coefficient (Wildman–Crippen LogP) is 3.52. The third kappa shape index (κ3) is 4.24. The van der Waals surface area contributed by atoms with Gasteiger partial charge in [-0.1, -0.05) is 37.2 Å². The molecule has 0 saturated heterocycles. The van der Waals surface area contributed by atoms with Crippen LogP contribution in [-0.2, 0) is 16.1 Å². The molecule has 5 nitrogen and oxygen atoms in total. The van der Waals surface area contributed by atoms with E-state index in [0.29, 0.717) is 16.1 Å². The zero-order chi connectivity index (χ0) is 16.1. The van der Waals surface area contributed by atoms with E-state index in [-0.39, 0.29) is 11.7 Å². The molecule has 118 valence electrons. The summed E-state index contributed by atoms with van der Waals surface area (Å²) >= 11 is 7.26. The van der Waals surface area contributed by atoms with E-state index in [2.05, 4.69) is 28.8 Å². The SMILES string of the molecule is COC(=O)CSc1nnc(-c2ccc(Cl)cc2)n1CC(C)C. The molecule has 0 bridgehead atoms. The molecule has 0 atom stereocenters. The number of aromatic nitrogens is 3. The smallest absolute Gasteiger partial charge is 0.316 e. The van der Waals surface area contributed by atoms with E-state index in [1.54, 1.807) is 0 Å². The highest BCUT2D eigenvalue weighted by atomic mass is 35.5. The molecule has 0 fully saturated rings. The molecular formula is C15H18ClN3O2S. The maximum absolute atomic E-state index is 11.3. The van der Waals surface area contributed by atoms with Crippen LogP contribution in [0.4, 0.5) is 0 Å². The number of thioether (sulfide) groups is 1. The van der Waals surface area contributed by atoms with Gasteiger partial charge in [0, 0.05) is 17.1 Å². The molecule has 0 aliphatic rings. The Hall–Kier alpha value is -1.53. The summed E-state index contributed by atoms with van der Waals surface area (Å²) in [4.78, 5) is 11.3. The van der Waals surface area contributed by atoms with Gasteiger partial charge in [-0.3, -0.25) is 4.79 Å². The first-order valence-electron chi connectivity index (χ1n) is 6.90. The lowest BCUT2D eigenvalue weighted by atomic mass is 10.2. The minimum absolute atomic E-state index is 0.216. The van der Waals surface area contributed by atoms with E-state index in [4.69, 9.17) is 11.6 Å². The average Bonchev–Trinajstić information content (AvgIpc) is 2.87. The van der Waals surface area contributed by atoms with Crippen LogP contribution in [0.15, 0.2) is 29.4 Å². The molecule has 0 aliphatic carbocycles. The van der Waals surface area contributed by atoms with Crippen molar-refractivity contribution in [2.75, 3.05) is 12.9 Å². The van der Waals surface area contributed by atoms with E-state index in [9.17, 15) is 4.79 Å². The zero-order valence-corrected chi connectivity index (χ0v) is 14.3. The van der Waals surface area contributed by atoms with Crippen molar-refractivity contribution in [3.05, 3.63) is 29.3 Å². The van der Waals surface area contributed by atoms with E-state index in [1.165, 1.54) is 18.9 Å². The number of methoxy groups -OCH3 is 1. The second kappa shape index (κ2) is 7.65. The molecule has 1 aromatic heterocycles. The summed E-state index contributed by atoms with van der Waals surface area (Å²) in [6.07, 6.45) is 0. The monoisotopic (exact) mass is 339 g/mol. The normalized spacial score (nSPS) is 11.0. The summed E-state index contributed by atoms with van der Waals surface area (Å²) in [6, 6.07) is 7.48. The molecule has 0 saturated carbocycles. The van der Waals surface area contributed by atoms with Crippen LogP contribution < -0.4 is 0 Å². The summed E-state index contributed by atoms with van der Waals surface area (Å²) in [5.74, 6) is 1.14. The molecular weight excluding hydrogens is 322 g/mol. The third-order valence-corrected chi connectivity index (χ3v) is 4.11. The maximum Gasteiger partial charge on any atom is 0.316 e. The highest BCUT2D eigenvalue weighted by Gasteiger charge is 2.16. The summed E-state index contributed by atoms with van der Waals surface area (Å²) < 4.78 is 6.69. The number of carbonyl (C=O) groups is 1. The fraction of sp³-hybridized carbons (Fsp3) is 0.400. The van der Waals surface area contributed by atoms with Crippen LogP contribution in [-0.4, -0.2) is 33.6 Å². The van der Waals surface area contributed by atoms with Gasteiger partial charge in [-0.05, 0) is 30.2 Å². The molecule has 2 aromatic rings. The molecule has 0 spiro atoms. The topological polar surface area (TPSA) is 57.0 Å². The first kappa shape index (κ1) is 16.8. The summed E-state index contributed by atoms with van der Waals surface area (Å²) in [5.41, 5.74) is 0.947. The first-order chi connectivity index (χ1) is 10.5. The Morgan fingerprint density at radius 3 is 2.59 bits per heavy atom. The molecule has 0 unspecified atom stereocenters. The van der Waals surface area contributed by atoms with Crippen molar-refractivity contribution >= 4 is 29.3 Å². The van der Waals surface area contributed by atoms with Gasteiger partial charge in [0.25, 0.3) is 0 Å². The number of halogens is 1. The van der Waals surface area contributed by atoms with Crippen LogP contribution in [0, 0.1) is 5.92 Å². The minimum Gasteiger partial charge on any atom is -0.468 e. The van der Waals surface area contributed by atoms with E-state index >= 15 is 0 Å². The van der Waals surface area contributed by atoms with Crippen molar-refractivity contribution in [3.8, 4) is 11.4 Å². The van der Waals surface area contributed by atoms with Gasteiger partial charge in [-0.25, -0.2) is 0 Å². The summed E-state index contributed by atoms with van der Waals surface area (Å²) in [5, 5.41) is 9.87. The number of rotatable bonds is 6. The lowest BCUT2D eigenvalue weighted by Gasteiger charge is -2.12. The van der Waals surface area contributed by atoms with Crippen molar-refractivity contribution in [1.29, 1.82) is 0 Å². The van der Waals surface area contributed by atoms with E-state index in [0.717, 1.165) is 17.9 Å². The van der Waals surface area contributed by atoms with Crippen LogP contribution >= 0.6 is 23.4 Å². The molecule has 1 heterocycles. The summed E-state index contributed by atoms with van der Waals surface area (Å²) in [6.45, 7) is 5.02. The summed E-state index contributed by atoms with van der Waals surface area (Å²) in [7, 11) is 1.38. The quantitative estimate of drug-likeness (QED) is 0.595. The van der Waals surface area contributed by atoms with Crippen LogP contribution in [0.25, 0.3) is 11.4 Å². The van der Waals surface area contributed by atoms with Gasteiger partial charge in [0.1, 0.15) is 0 Å². The van der Waals surface area contributed by atoms with Crippen molar-refractivity contribution in [2.45, 2.75) is 25.5 Å². The number of hydrogen-bond acceptors (Lipinski definition) is 5. The van der Waals surface area contributed by atoms with E-state index in [1.807, 2.05) is 28.8 Å². The second-order valence-corrected chi connectivity index (χ2v) is 6.56. The standard InChI is InChI=1S/C15H18ClN3O2S/c1-10(2)8-19-14(11-4-6-12(16)7-5-11)17-18-15(19)22-9-13(20)21-3/h4-7,10H,8-9H2,1-3H3. The number of carbonyl (C=O) groups excluding carboxylic acids is 1. The van der Waals surface area contributed by atoms with Crippen molar-refractivity contribution in [2.24, 2.45) is 5.92 Å². The largest absolute Gasteiger partial charge is 0.468 e. The predicted molar refractivity (Wildman–Crippen MR) is 88.0 cm³/mol. The molecule has 0 aliphatic heterocycles. The Morgan fingerprint density at radius 1 is 1.32 bits per heavy atom. The van der Waals surface area contributed by atoms with Crippen molar-refractivity contribution < 1.29 is 9.53 Å². The Balaban J connectivity index is 2.31. The molecule has 0 amide bonds. The fourth-order valence-electron chi connectivity index (χ4n) is 1.92. The van der Waals surface area contributed by atoms with Crippen molar-refractivity contribution in [1.82, 2.24) is 14.8 Å². The number of esters is 1. The number of hydrogen-bond donors (Lipinski definition) is 0. The molecule has 22 heavy (non-hydrogen) atoms. The lowest BCUT2D eigenvalue weighted by Crippen LogP contribution is -2.09. The molecule has 2 rings (SSSR count). The van der Waals surface area contributed by atoms with Crippen LogP contribution in [0.5, 0.6) is 0 Å². The Kier molecular flexibility index (Phi) is 5.85. The van der Waals surface area contributed by atoms with Gasteiger partial charge in [-0.2, -0.15) is 0 Å². The van der Waals surface area contributed by atoms with Crippen LogP contribution in [0.3, 0.4) is 0 Å². The maximum atomic E-state index is 11.3. The number of nitrogens with zero attached hydrogens (tertiary/aromatic N) is 3. The fourth-order valence-corrected chi connectivity index (χ4v) is 2.83. The van der Waals surface area contributed by atoms with Gasteiger partial charge in [0.05, 0.1) is 12.9 Å². The highest BCUT2D eigenvalue weighted by molar-refractivity contribution is 7.99. The molecule has 7 heteroatoms. The number of ether oxygens (including phenoxy) is 1. The minimum atomic E-state index is -0.280. The van der Waals surface area contributed by atoms with Crippen LogP contribution in [0.1, 0.15) is 13.8 Å².